The minimum atomic E-state index is -1.02. The van der Waals surface area contributed by atoms with Gasteiger partial charge in [0.05, 0.1) is 34.6 Å². The molecular formula is C17H15ClN4O2. The Morgan fingerprint density at radius 1 is 1.42 bits per heavy atom. The van der Waals surface area contributed by atoms with Gasteiger partial charge in [0.2, 0.25) is 0 Å². The second-order valence-corrected chi connectivity index (χ2v) is 6.82. The van der Waals surface area contributed by atoms with Crippen molar-refractivity contribution < 1.29 is 9.90 Å². The number of carboxylic acid groups (broad SMARTS) is 1. The van der Waals surface area contributed by atoms with Crippen LogP contribution in [0.25, 0.3) is 0 Å². The lowest BCUT2D eigenvalue weighted by molar-refractivity contribution is 0.0697. The number of carbonyl (C=O) groups is 1. The fourth-order valence-electron chi connectivity index (χ4n) is 3.43. The first kappa shape index (κ1) is 15.0. The van der Waals surface area contributed by atoms with Gasteiger partial charge in [-0.2, -0.15) is 10.4 Å². The molecular weight excluding hydrogens is 328 g/mol. The molecule has 0 amide bonds. The average molecular weight is 343 g/mol. The minimum Gasteiger partial charge on any atom is -0.478 e. The highest BCUT2D eigenvalue weighted by Gasteiger charge is 2.45. The lowest BCUT2D eigenvalue weighted by atomic mass is 10.1. The maximum atomic E-state index is 10.9. The second kappa shape index (κ2) is 5.53. The van der Waals surface area contributed by atoms with Gasteiger partial charge in [0.1, 0.15) is 6.07 Å². The van der Waals surface area contributed by atoms with E-state index in [4.69, 9.17) is 16.7 Å². The second-order valence-electron chi connectivity index (χ2n) is 6.44. The first-order valence-electron chi connectivity index (χ1n) is 7.79. The van der Waals surface area contributed by atoms with Crippen molar-refractivity contribution in [3.63, 3.8) is 0 Å². The zero-order valence-electron chi connectivity index (χ0n) is 12.8. The van der Waals surface area contributed by atoms with Crippen molar-refractivity contribution in [2.45, 2.75) is 13.0 Å². The van der Waals surface area contributed by atoms with Gasteiger partial charge in [-0.15, -0.1) is 0 Å². The zero-order valence-corrected chi connectivity index (χ0v) is 13.6. The van der Waals surface area contributed by atoms with Crippen molar-refractivity contribution in [3.8, 4) is 6.07 Å². The molecule has 24 heavy (non-hydrogen) atoms. The molecule has 2 fully saturated rings. The van der Waals surface area contributed by atoms with Gasteiger partial charge < -0.3 is 10.0 Å². The first-order valence-corrected chi connectivity index (χ1v) is 8.16. The van der Waals surface area contributed by atoms with Crippen LogP contribution in [0.15, 0.2) is 24.5 Å². The molecule has 6 nitrogen and oxygen atoms in total. The van der Waals surface area contributed by atoms with E-state index >= 15 is 0 Å². The van der Waals surface area contributed by atoms with E-state index in [1.807, 2.05) is 12.1 Å². The number of anilines is 1. The summed E-state index contributed by atoms with van der Waals surface area (Å²) in [5.41, 5.74) is 2.26. The third-order valence-electron chi connectivity index (χ3n) is 4.84. The van der Waals surface area contributed by atoms with E-state index in [0.29, 0.717) is 17.1 Å². The number of halogens is 1. The van der Waals surface area contributed by atoms with Crippen molar-refractivity contribution in [2.24, 2.45) is 11.8 Å². The summed E-state index contributed by atoms with van der Waals surface area (Å²) in [5, 5.41) is 22.9. The van der Waals surface area contributed by atoms with Gasteiger partial charge in [-0.25, -0.2) is 4.79 Å². The molecule has 1 N–H and O–H groups in total. The topological polar surface area (TPSA) is 82.2 Å². The summed E-state index contributed by atoms with van der Waals surface area (Å²) in [5.74, 6) is 0.523. The molecule has 2 aliphatic rings. The van der Waals surface area contributed by atoms with Gasteiger partial charge >= 0.3 is 5.97 Å². The van der Waals surface area contributed by atoms with E-state index in [1.165, 1.54) is 23.5 Å². The number of aromatic nitrogens is 2. The van der Waals surface area contributed by atoms with Crippen molar-refractivity contribution in [3.05, 3.63) is 46.2 Å². The number of hydrogen-bond acceptors (Lipinski definition) is 4. The van der Waals surface area contributed by atoms with Gasteiger partial charge in [-0.3, -0.25) is 4.68 Å². The number of carboxylic acids is 1. The van der Waals surface area contributed by atoms with Crippen molar-refractivity contribution in [1.29, 1.82) is 5.26 Å². The third kappa shape index (κ3) is 2.51. The Morgan fingerprint density at radius 3 is 2.79 bits per heavy atom. The zero-order chi connectivity index (χ0) is 16.8. The highest BCUT2D eigenvalue weighted by atomic mass is 35.5. The molecule has 2 unspecified atom stereocenters. The van der Waals surface area contributed by atoms with E-state index in [1.54, 1.807) is 0 Å². The Labute approximate surface area is 143 Å². The van der Waals surface area contributed by atoms with Crippen LogP contribution in [0.2, 0.25) is 5.02 Å². The number of hydrogen-bond donors (Lipinski definition) is 1. The summed E-state index contributed by atoms with van der Waals surface area (Å²) in [4.78, 5) is 13.2. The summed E-state index contributed by atoms with van der Waals surface area (Å²) in [6.45, 7) is 2.32. The number of nitriles is 1. The number of nitrogens with zero attached hydrogens (tertiary/aromatic N) is 4. The fourth-order valence-corrected chi connectivity index (χ4v) is 3.69. The maximum Gasteiger partial charge on any atom is 0.338 e. The van der Waals surface area contributed by atoms with Crippen LogP contribution in [0.3, 0.4) is 0 Å². The molecule has 1 saturated heterocycles. The van der Waals surface area contributed by atoms with Crippen LogP contribution in [0.1, 0.15) is 27.9 Å². The quantitative estimate of drug-likeness (QED) is 0.923. The van der Waals surface area contributed by atoms with Crippen LogP contribution in [-0.2, 0) is 6.54 Å². The number of rotatable bonds is 4. The smallest absolute Gasteiger partial charge is 0.338 e. The van der Waals surface area contributed by atoms with Gasteiger partial charge in [0.15, 0.2) is 0 Å². The Kier molecular flexibility index (Phi) is 3.47. The molecule has 2 atom stereocenters. The van der Waals surface area contributed by atoms with Crippen molar-refractivity contribution >= 4 is 23.3 Å². The van der Waals surface area contributed by atoms with Crippen LogP contribution in [0, 0.1) is 23.2 Å². The van der Waals surface area contributed by atoms with Gasteiger partial charge in [0.25, 0.3) is 0 Å². The van der Waals surface area contributed by atoms with E-state index in [-0.39, 0.29) is 5.56 Å². The number of piperidine rings is 1. The highest BCUT2D eigenvalue weighted by Crippen LogP contribution is 2.47. The van der Waals surface area contributed by atoms with Crippen LogP contribution >= 0.6 is 11.6 Å². The molecule has 7 heteroatoms. The number of aromatic carboxylic acids is 1. The Balaban J connectivity index is 1.62. The molecule has 1 saturated carbocycles. The standard InChI is InChI=1S/C17H15ClN4O2/c18-16-10(8-22-9-13(5-20-22)17(23)24)1-2-15(14(16)4-19)21-6-11-3-12(11)7-21/h1-2,5,9,11-12H,3,6-8H2,(H,23,24). The van der Waals surface area contributed by atoms with E-state index in [9.17, 15) is 10.1 Å². The SMILES string of the molecule is N#Cc1c(N2CC3CC3C2)ccc(Cn2cc(C(=O)O)cn2)c1Cl. The predicted molar refractivity (Wildman–Crippen MR) is 88.3 cm³/mol. The van der Waals surface area contributed by atoms with Crippen LogP contribution in [0.5, 0.6) is 0 Å². The van der Waals surface area contributed by atoms with Crippen LogP contribution < -0.4 is 4.90 Å². The Bertz CT molecular complexity index is 860. The Hall–Kier alpha value is -2.52. The molecule has 0 spiro atoms. The van der Waals surface area contributed by atoms with Gasteiger partial charge in [-0.05, 0) is 29.9 Å². The predicted octanol–water partition coefficient (Wildman–Crippen LogP) is 2.61. The highest BCUT2D eigenvalue weighted by molar-refractivity contribution is 6.33. The molecule has 1 aromatic heterocycles. The molecule has 0 radical (unpaired) electrons. The van der Waals surface area contributed by atoms with Crippen LogP contribution in [-0.4, -0.2) is 33.9 Å². The summed E-state index contributed by atoms with van der Waals surface area (Å²) in [6.07, 6.45) is 4.05. The van der Waals surface area contributed by atoms with E-state index < -0.39 is 5.97 Å². The molecule has 0 bridgehead atoms. The molecule has 1 aliphatic carbocycles. The van der Waals surface area contributed by atoms with E-state index in [0.717, 1.165) is 36.2 Å². The van der Waals surface area contributed by atoms with Crippen LogP contribution in [0.4, 0.5) is 5.69 Å². The number of fused-ring (bicyclic) bond motifs is 1. The largest absolute Gasteiger partial charge is 0.478 e. The first-order chi connectivity index (χ1) is 11.6. The lowest BCUT2D eigenvalue weighted by Crippen LogP contribution is -2.23. The molecule has 1 aromatic carbocycles. The third-order valence-corrected chi connectivity index (χ3v) is 5.28. The summed E-state index contributed by atoms with van der Waals surface area (Å²) in [6, 6.07) is 6.05. The number of benzene rings is 1. The van der Waals surface area contributed by atoms with Gasteiger partial charge in [0, 0.05) is 19.3 Å². The molecule has 2 heterocycles. The summed E-state index contributed by atoms with van der Waals surface area (Å²) in [7, 11) is 0. The summed E-state index contributed by atoms with van der Waals surface area (Å²) >= 11 is 6.45. The molecule has 2 aromatic rings. The monoisotopic (exact) mass is 342 g/mol. The average Bonchev–Trinajstić information content (AvgIpc) is 2.98. The van der Waals surface area contributed by atoms with Gasteiger partial charge in [-0.1, -0.05) is 17.7 Å². The fraction of sp³-hybridized carbons (Fsp3) is 0.353. The van der Waals surface area contributed by atoms with E-state index in [2.05, 4.69) is 16.1 Å². The molecule has 4 rings (SSSR count). The van der Waals surface area contributed by atoms with Crippen molar-refractivity contribution in [1.82, 2.24) is 9.78 Å². The normalized spacial score (nSPS) is 21.4. The molecule has 122 valence electrons. The Morgan fingerprint density at radius 2 is 2.17 bits per heavy atom. The summed E-state index contributed by atoms with van der Waals surface area (Å²) < 4.78 is 1.51. The van der Waals surface area contributed by atoms with Crippen molar-refractivity contribution in [2.75, 3.05) is 18.0 Å². The maximum absolute atomic E-state index is 10.9. The minimum absolute atomic E-state index is 0.125. The lowest BCUT2D eigenvalue weighted by Gasteiger charge is -2.22. The molecule has 1 aliphatic heterocycles.